The molecule has 2 atom stereocenters. The minimum Gasteiger partial charge on any atom is -0.354 e. The number of nitrogens with zero attached hydrogens (tertiary/aromatic N) is 2. The number of piperidine rings is 1. The molecule has 0 unspecified atom stereocenters. The van der Waals surface area contributed by atoms with E-state index in [2.05, 4.69) is 16.0 Å². The number of nitrogens with two attached hydrogens (primary N) is 1. The van der Waals surface area contributed by atoms with Crippen molar-refractivity contribution in [3.8, 4) is 0 Å². The van der Waals surface area contributed by atoms with E-state index in [0.717, 1.165) is 32.1 Å². The highest BCUT2D eigenvalue weighted by Gasteiger charge is 2.38. The Labute approximate surface area is 170 Å². The van der Waals surface area contributed by atoms with Gasteiger partial charge in [0.25, 0.3) is 0 Å². The van der Waals surface area contributed by atoms with Gasteiger partial charge in [0, 0.05) is 25.7 Å². The Kier molecular flexibility index (Phi) is 7.29. The van der Waals surface area contributed by atoms with Crippen molar-refractivity contribution in [3.63, 3.8) is 0 Å². The van der Waals surface area contributed by atoms with Crippen LogP contribution < -0.4 is 21.7 Å². The molecule has 2 heterocycles. The second-order valence-corrected chi connectivity index (χ2v) is 8.03. The van der Waals surface area contributed by atoms with Gasteiger partial charge in [-0.1, -0.05) is 19.3 Å². The van der Waals surface area contributed by atoms with E-state index in [1.165, 1.54) is 11.3 Å². The van der Waals surface area contributed by atoms with Gasteiger partial charge in [-0.25, -0.2) is 4.79 Å². The smallest absolute Gasteiger partial charge is 0.317 e. The summed E-state index contributed by atoms with van der Waals surface area (Å²) >= 11 is 0. The average Bonchev–Trinajstić information content (AvgIpc) is 2.75. The van der Waals surface area contributed by atoms with E-state index >= 15 is 0 Å². The predicted molar refractivity (Wildman–Crippen MR) is 106 cm³/mol. The Hall–Kier alpha value is -2.36. The molecule has 29 heavy (non-hydrogen) atoms. The van der Waals surface area contributed by atoms with Crippen LogP contribution in [0.4, 0.5) is 4.79 Å². The van der Waals surface area contributed by atoms with Gasteiger partial charge in [0.1, 0.15) is 12.1 Å². The summed E-state index contributed by atoms with van der Waals surface area (Å²) < 4.78 is 0. The van der Waals surface area contributed by atoms with Crippen molar-refractivity contribution in [1.29, 1.82) is 0 Å². The molecule has 10 heteroatoms. The lowest BCUT2D eigenvalue weighted by Gasteiger charge is -2.41. The van der Waals surface area contributed by atoms with E-state index in [9.17, 15) is 19.2 Å². The van der Waals surface area contributed by atoms with Gasteiger partial charge in [0.15, 0.2) is 0 Å². The Morgan fingerprint density at radius 1 is 1.03 bits per heavy atom. The van der Waals surface area contributed by atoms with Crippen molar-refractivity contribution in [2.24, 2.45) is 5.73 Å². The summed E-state index contributed by atoms with van der Waals surface area (Å²) in [5, 5.41) is 8.53. The highest BCUT2D eigenvalue weighted by atomic mass is 16.2. The zero-order chi connectivity index (χ0) is 20.8. The van der Waals surface area contributed by atoms with Crippen LogP contribution in [0, 0.1) is 0 Å². The lowest BCUT2D eigenvalue weighted by molar-refractivity contribution is -0.143. The van der Waals surface area contributed by atoms with Gasteiger partial charge in [-0.15, -0.1) is 0 Å². The molecular weight excluding hydrogens is 376 g/mol. The molecule has 0 spiro atoms. The van der Waals surface area contributed by atoms with Crippen LogP contribution in [-0.4, -0.2) is 84.4 Å². The van der Waals surface area contributed by atoms with Crippen LogP contribution in [0.15, 0.2) is 0 Å². The van der Waals surface area contributed by atoms with Crippen molar-refractivity contribution in [2.75, 3.05) is 32.7 Å². The van der Waals surface area contributed by atoms with Crippen LogP contribution in [0.25, 0.3) is 0 Å². The molecule has 0 aromatic rings. The molecule has 3 aliphatic rings. The third-order valence-corrected chi connectivity index (χ3v) is 6.00. The molecule has 2 aliphatic heterocycles. The van der Waals surface area contributed by atoms with Gasteiger partial charge in [0.05, 0.1) is 13.1 Å². The first-order chi connectivity index (χ1) is 14.0. The average molecular weight is 409 g/mol. The number of piperazine rings is 1. The topological polar surface area (TPSA) is 137 Å². The fourth-order valence-corrected chi connectivity index (χ4v) is 4.30. The van der Waals surface area contributed by atoms with Gasteiger partial charge in [0.2, 0.25) is 17.7 Å². The highest BCUT2D eigenvalue weighted by Crippen LogP contribution is 2.18. The second-order valence-electron chi connectivity index (χ2n) is 8.03. The van der Waals surface area contributed by atoms with Crippen LogP contribution in [0.3, 0.4) is 0 Å². The number of carbonyl (C=O) groups excluding carboxylic acids is 4. The number of rotatable bonds is 4. The van der Waals surface area contributed by atoms with Gasteiger partial charge >= 0.3 is 6.03 Å². The lowest BCUT2D eigenvalue weighted by atomic mass is 9.96. The molecule has 1 saturated carbocycles. The van der Waals surface area contributed by atoms with Crippen molar-refractivity contribution >= 4 is 23.8 Å². The Balaban J connectivity index is 1.64. The Morgan fingerprint density at radius 2 is 1.79 bits per heavy atom. The maximum absolute atomic E-state index is 12.9. The van der Waals surface area contributed by atoms with Crippen molar-refractivity contribution in [3.05, 3.63) is 0 Å². The van der Waals surface area contributed by atoms with Crippen LogP contribution in [0.2, 0.25) is 0 Å². The number of carbonyl (C=O) groups is 4. The maximum Gasteiger partial charge on any atom is 0.317 e. The first-order valence-electron chi connectivity index (χ1n) is 10.6. The summed E-state index contributed by atoms with van der Waals surface area (Å²) in [6, 6.07) is -1.51. The molecule has 3 rings (SSSR count). The molecule has 0 aromatic heterocycles. The predicted octanol–water partition coefficient (Wildman–Crippen LogP) is -1.10. The number of hydrogen-bond acceptors (Lipinski definition) is 5. The zero-order valence-electron chi connectivity index (χ0n) is 16.8. The maximum atomic E-state index is 12.9. The van der Waals surface area contributed by atoms with Crippen LogP contribution in [0.1, 0.15) is 44.9 Å². The van der Waals surface area contributed by atoms with Crippen molar-refractivity contribution < 1.29 is 19.2 Å². The molecule has 162 valence electrons. The standard InChI is InChI=1S/C19H32N6O4/c20-11-16(26)25-10-9-24(19(29)22-13-5-2-1-3-6-13)12-15(25)18(28)23-14-7-4-8-21-17(14)27/h13-15H,1-12,20H2,(H,21,27)(H,22,29)(H,23,28)/t14-,15-/m0/s1. The normalized spacial score (nSPS) is 25.9. The largest absolute Gasteiger partial charge is 0.354 e. The Bertz CT molecular complexity index is 636. The minimum absolute atomic E-state index is 0.0878. The van der Waals surface area contributed by atoms with Crippen molar-refractivity contribution in [1.82, 2.24) is 25.8 Å². The summed E-state index contributed by atoms with van der Waals surface area (Å²) in [7, 11) is 0. The molecule has 3 fully saturated rings. The fraction of sp³-hybridized carbons (Fsp3) is 0.789. The Morgan fingerprint density at radius 3 is 2.48 bits per heavy atom. The van der Waals surface area contributed by atoms with E-state index in [4.69, 9.17) is 5.73 Å². The van der Waals surface area contributed by atoms with Crippen LogP contribution in [0.5, 0.6) is 0 Å². The molecule has 10 nitrogen and oxygen atoms in total. The van der Waals surface area contributed by atoms with Gasteiger partial charge < -0.3 is 31.5 Å². The van der Waals surface area contributed by atoms with Gasteiger partial charge in [-0.2, -0.15) is 0 Å². The first-order valence-corrected chi connectivity index (χ1v) is 10.6. The third kappa shape index (κ3) is 5.37. The third-order valence-electron chi connectivity index (χ3n) is 6.00. The summed E-state index contributed by atoms with van der Waals surface area (Å²) in [4.78, 5) is 52.9. The molecular formula is C19H32N6O4. The number of nitrogens with one attached hydrogen (secondary N) is 3. The monoisotopic (exact) mass is 408 g/mol. The van der Waals surface area contributed by atoms with E-state index < -0.39 is 18.0 Å². The van der Waals surface area contributed by atoms with Crippen molar-refractivity contribution in [2.45, 2.75) is 63.1 Å². The van der Waals surface area contributed by atoms with Gasteiger partial charge in [-0.3, -0.25) is 14.4 Å². The number of amides is 5. The number of hydrogen-bond donors (Lipinski definition) is 4. The molecule has 1 aliphatic carbocycles. The SMILES string of the molecule is NCC(=O)N1CCN(C(=O)NC2CCCCC2)C[C@H]1C(=O)N[C@H]1CCCNC1=O. The highest BCUT2D eigenvalue weighted by molar-refractivity contribution is 5.93. The number of urea groups is 1. The zero-order valence-corrected chi connectivity index (χ0v) is 16.8. The quantitative estimate of drug-likeness (QED) is 0.468. The van der Waals surface area contributed by atoms with E-state index in [-0.39, 0.29) is 43.5 Å². The molecule has 0 bridgehead atoms. The molecule has 5 amide bonds. The van der Waals surface area contributed by atoms with E-state index in [1.54, 1.807) is 4.90 Å². The lowest BCUT2D eigenvalue weighted by Crippen LogP contribution is -2.65. The van der Waals surface area contributed by atoms with Gasteiger partial charge in [-0.05, 0) is 25.7 Å². The molecule has 0 aromatic carbocycles. The van der Waals surface area contributed by atoms with E-state index in [0.29, 0.717) is 19.5 Å². The van der Waals surface area contributed by atoms with Crippen LogP contribution in [-0.2, 0) is 14.4 Å². The fourth-order valence-electron chi connectivity index (χ4n) is 4.30. The summed E-state index contributed by atoms with van der Waals surface area (Å²) in [5.41, 5.74) is 5.51. The van der Waals surface area contributed by atoms with Crippen LogP contribution >= 0.6 is 0 Å². The first kappa shape index (κ1) is 21.4. The molecule has 5 N–H and O–H groups in total. The summed E-state index contributed by atoms with van der Waals surface area (Å²) in [6.07, 6.45) is 6.69. The molecule has 2 saturated heterocycles. The second kappa shape index (κ2) is 9.91. The minimum atomic E-state index is -0.855. The summed E-state index contributed by atoms with van der Waals surface area (Å²) in [5.74, 6) is -0.987. The van der Waals surface area contributed by atoms with E-state index in [1.807, 2.05) is 0 Å². The molecule has 0 radical (unpaired) electrons. The summed E-state index contributed by atoms with van der Waals surface area (Å²) in [6.45, 7) is 1.06.